The standard InChI is InChI=1S/C25H25N7O3/c1-3-20(33)31-13-5-7-17(14-31)32-23-21(24(26)28-29-25(23)34)22(30-32)16-9-11-18(12-10-16)35-19-8-4-6-15(2)27-19/h3-4,6,8-12,17H,1,5,7,13-14H2,2H3,(H2,26,28)(H,29,34). The number of pyridine rings is 1. The number of fused-ring (bicyclic) bond motifs is 1. The molecule has 1 aliphatic heterocycles. The normalized spacial score (nSPS) is 15.8. The van der Waals surface area contributed by atoms with Crippen molar-refractivity contribution in [1.82, 2.24) is 29.9 Å². The van der Waals surface area contributed by atoms with Gasteiger partial charge in [0.05, 0.1) is 11.4 Å². The Bertz CT molecular complexity index is 1470. The van der Waals surface area contributed by atoms with E-state index in [9.17, 15) is 9.59 Å². The number of nitrogen functional groups attached to an aromatic ring is 1. The number of aryl methyl sites for hydroxylation is 1. The van der Waals surface area contributed by atoms with E-state index in [0.29, 0.717) is 41.3 Å². The molecule has 178 valence electrons. The number of amides is 1. The maximum atomic E-state index is 12.8. The first-order valence-corrected chi connectivity index (χ1v) is 11.3. The number of carbonyl (C=O) groups excluding carboxylic acids is 1. The number of nitrogens with zero attached hydrogens (tertiary/aromatic N) is 5. The van der Waals surface area contributed by atoms with Gasteiger partial charge in [0, 0.05) is 30.4 Å². The molecule has 0 saturated carbocycles. The SMILES string of the molecule is C=CC(=O)N1CCCC(n2nc(-c3ccc(Oc4cccc(C)n4)cc3)c3c(N)n[nH]c(=O)c32)C1. The number of aromatic nitrogens is 5. The molecule has 0 radical (unpaired) electrons. The van der Waals surface area contributed by atoms with E-state index >= 15 is 0 Å². The summed E-state index contributed by atoms with van der Waals surface area (Å²) < 4.78 is 7.54. The van der Waals surface area contributed by atoms with E-state index in [0.717, 1.165) is 24.1 Å². The van der Waals surface area contributed by atoms with E-state index < -0.39 is 0 Å². The first-order valence-electron chi connectivity index (χ1n) is 11.3. The van der Waals surface area contributed by atoms with E-state index in [1.54, 1.807) is 15.6 Å². The summed E-state index contributed by atoms with van der Waals surface area (Å²) in [6.45, 7) is 6.56. The summed E-state index contributed by atoms with van der Waals surface area (Å²) >= 11 is 0. The largest absolute Gasteiger partial charge is 0.439 e. The van der Waals surface area contributed by atoms with Crippen LogP contribution in [0.1, 0.15) is 24.6 Å². The Hall–Kier alpha value is -4.47. The summed E-state index contributed by atoms with van der Waals surface area (Å²) in [5.41, 5.74) is 8.33. The first-order chi connectivity index (χ1) is 16.9. The maximum absolute atomic E-state index is 12.8. The molecule has 1 fully saturated rings. The van der Waals surface area contributed by atoms with E-state index in [1.165, 1.54) is 6.08 Å². The van der Waals surface area contributed by atoms with Crippen molar-refractivity contribution in [2.75, 3.05) is 18.8 Å². The topological polar surface area (TPSA) is 132 Å². The molecule has 10 nitrogen and oxygen atoms in total. The molecule has 1 atom stereocenters. The highest BCUT2D eigenvalue weighted by Gasteiger charge is 2.28. The van der Waals surface area contributed by atoms with Gasteiger partial charge in [0.15, 0.2) is 5.82 Å². The van der Waals surface area contributed by atoms with Gasteiger partial charge in [-0.05, 0) is 56.2 Å². The summed E-state index contributed by atoms with van der Waals surface area (Å²) in [6.07, 6.45) is 2.87. The van der Waals surface area contributed by atoms with Crippen LogP contribution >= 0.6 is 0 Å². The lowest BCUT2D eigenvalue weighted by atomic mass is 10.1. The first kappa shape index (κ1) is 22.3. The predicted octanol–water partition coefficient (Wildman–Crippen LogP) is 3.21. The van der Waals surface area contributed by atoms with Crippen LogP contribution in [0.25, 0.3) is 22.2 Å². The third kappa shape index (κ3) is 4.25. The van der Waals surface area contributed by atoms with Crippen LogP contribution < -0.4 is 16.0 Å². The monoisotopic (exact) mass is 471 g/mol. The molecule has 1 aromatic carbocycles. The fourth-order valence-electron chi connectivity index (χ4n) is 4.44. The number of ether oxygens (including phenoxy) is 1. The number of likely N-dealkylation sites (tertiary alicyclic amines) is 1. The number of H-pyrrole nitrogens is 1. The molecule has 0 aliphatic carbocycles. The fraction of sp³-hybridized carbons (Fsp3) is 0.240. The Balaban J connectivity index is 1.53. The molecule has 1 aliphatic rings. The minimum Gasteiger partial charge on any atom is -0.439 e. The molecule has 0 bridgehead atoms. The summed E-state index contributed by atoms with van der Waals surface area (Å²) in [7, 11) is 0. The molecular formula is C25H25N7O3. The van der Waals surface area contributed by atoms with Gasteiger partial charge in [0.1, 0.15) is 17.0 Å². The second-order valence-corrected chi connectivity index (χ2v) is 8.48. The molecule has 35 heavy (non-hydrogen) atoms. The van der Waals surface area contributed by atoms with Crippen molar-refractivity contribution in [3.63, 3.8) is 0 Å². The smallest absolute Gasteiger partial charge is 0.290 e. The molecule has 5 rings (SSSR count). The lowest BCUT2D eigenvalue weighted by molar-refractivity contribution is -0.127. The Morgan fingerprint density at radius 2 is 2.06 bits per heavy atom. The van der Waals surface area contributed by atoms with E-state index in [-0.39, 0.29) is 23.3 Å². The van der Waals surface area contributed by atoms with Gasteiger partial charge < -0.3 is 15.4 Å². The van der Waals surface area contributed by atoms with E-state index in [4.69, 9.17) is 15.6 Å². The van der Waals surface area contributed by atoms with Crippen LogP contribution in [-0.2, 0) is 4.79 Å². The van der Waals surface area contributed by atoms with Crippen LogP contribution in [0.2, 0.25) is 0 Å². The molecule has 10 heteroatoms. The van der Waals surface area contributed by atoms with Gasteiger partial charge in [-0.1, -0.05) is 12.6 Å². The predicted molar refractivity (Wildman–Crippen MR) is 132 cm³/mol. The summed E-state index contributed by atoms with van der Waals surface area (Å²) in [5, 5.41) is 11.7. The summed E-state index contributed by atoms with van der Waals surface area (Å²) in [5.74, 6) is 1.16. The zero-order chi connectivity index (χ0) is 24.5. The van der Waals surface area contributed by atoms with Gasteiger partial charge in [0.25, 0.3) is 5.56 Å². The molecule has 4 aromatic rings. The Labute approximate surface area is 201 Å². The fourth-order valence-corrected chi connectivity index (χ4v) is 4.44. The number of rotatable bonds is 5. The number of anilines is 1. The van der Waals surface area contributed by atoms with Crippen molar-refractivity contribution < 1.29 is 9.53 Å². The van der Waals surface area contributed by atoms with Gasteiger partial charge in [0.2, 0.25) is 11.8 Å². The second-order valence-electron chi connectivity index (χ2n) is 8.48. The third-order valence-corrected chi connectivity index (χ3v) is 6.10. The molecule has 4 heterocycles. The van der Waals surface area contributed by atoms with Crippen molar-refractivity contribution in [2.45, 2.75) is 25.8 Å². The van der Waals surface area contributed by atoms with Gasteiger partial charge in [-0.2, -0.15) is 10.2 Å². The lowest BCUT2D eigenvalue weighted by Crippen LogP contribution is -2.40. The van der Waals surface area contributed by atoms with Crippen LogP contribution in [0.4, 0.5) is 5.82 Å². The highest BCUT2D eigenvalue weighted by molar-refractivity contribution is 5.99. The Morgan fingerprint density at radius 3 is 2.80 bits per heavy atom. The summed E-state index contributed by atoms with van der Waals surface area (Å²) in [4.78, 5) is 31.1. The van der Waals surface area contributed by atoms with Crippen LogP contribution in [0.3, 0.4) is 0 Å². The van der Waals surface area contributed by atoms with Crippen LogP contribution in [0.15, 0.2) is 59.9 Å². The number of nitrogens with one attached hydrogen (secondary N) is 1. The number of piperidine rings is 1. The lowest BCUT2D eigenvalue weighted by Gasteiger charge is -2.32. The third-order valence-electron chi connectivity index (χ3n) is 6.10. The number of benzene rings is 1. The van der Waals surface area contributed by atoms with Gasteiger partial charge in [-0.25, -0.2) is 10.1 Å². The van der Waals surface area contributed by atoms with Gasteiger partial charge in [-0.3, -0.25) is 14.3 Å². The maximum Gasteiger partial charge on any atom is 0.290 e. The Morgan fingerprint density at radius 1 is 1.26 bits per heavy atom. The average molecular weight is 472 g/mol. The molecule has 3 aromatic heterocycles. The van der Waals surface area contributed by atoms with Crippen LogP contribution in [0, 0.1) is 6.92 Å². The van der Waals surface area contributed by atoms with Crippen molar-refractivity contribution in [2.24, 2.45) is 0 Å². The molecule has 1 amide bonds. The van der Waals surface area contributed by atoms with E-state index in [2.05, 4.69) is 21.8 Å². The number of hydrogen-bond acceptors (Lipinski definition) is 7. The average Bonchev–Trinajstić information content (AvgIpc) is 3.28. The van der Waals surface area contributed by atoms with Crippen molar-refractivity contribution in [3.05, 3.63) is 71.2 Å². The van der Waals surface area contributed by atoms with Crippen molar-refractivity contribution in [1.29, 1.82) is 0 Å². The highest BCUT2D eigenvalue weighted by atomic mass is 16.5. The quantitative estimate of drug-likeness (QED) is 0.427. The van der Waals surface area contributed by atoms with Crippen molar-refractivity contribution in [3.8, 4) is 22.9 Å². The second kappa shape index (κ2) is 9.05. The number of hydrogen-bond donors (Lipinski definition) is 2. The molecule has 1 saturated heterocycles. The minimum absolute atomic E-state index is 0.139. The van der Waals surface area contributed by atoms with Crippen LogP contribution in [-0.4, -0.2) is 48.9 Å². The molecule has 0 spiro atoms. The minimum atomic E-state index is -0.384. The zero-order valence-electron chi connectivity index (χ0n) is 19.3. The van der Waals surface area contributed by atoms with Gasteiger partial charge in [-0.15, -0.1) is 0 Å². The molecule has 1 unspecified atom stereocenters. The summed E-state index contributed by atoms with van der Waals surface area (Å²) in [6, 6.07) is 12.7. The number of aromatic amines is 1. The molecular weight excluding hydrogens is 446 g/mol. The van der Waals surface area contributed by atoms with Gasteiger partial charge >= 0.3 is 0 Å². The number of nitrogens with two attached hydrogens (primary N) is 1. The highest BCUT2D eigenvalue weighted by Crippen LogP contribution is 2.34. The number of carbonyl (C=O) groups is 1. The van der Waals surface area contributed by atoms with Crippen molar-refractivity contribution >= 4 is 22.6 Å². The van der Waals surface area contributed by atoms with Crippen LogP contribution in [0.5, 0.6) is 11.6 Å². The molecule has 3 N–H and O–H groups in total. The zero-order valence-corrected chi connectivity index (χ0v) is 19.3. The van der Waals surface area contributed by atoms with E-state index in [1.807, 2.05) is 43.3 Å². The Kier molecular flexibility index (Phi) is 5.77.